The van der Waals surface area contributed by atoms with Crippen LogP contribution in [0.1, 0.15) is 57.4 Å². The van der Waals surface area contributed by atoms with Crippen LogP contribution in [0.3, 0.4) is 0 Å². The lowest BCUT2D eigenvalue weighted by Gasteiger charge is -2.16. The van der Waals surface area contributed by atoms with Crippen LogP contribution in [0.15, 0.2) is 131 Å². The minimum atomic E-state index is -0.528. The van der Waals surface area contributed by atoms with E-state index in [0.717, 1.165) is 20.3 Å². The van der Waals surface area contributed by atoms with Gasteiger partial charge in [0.25, 0.3) is 29.5 Å². The molecule has 14 heteroatoms. The molecule has 13 nitrogen and oxygen atoms in total. The number of benzene rings is 4. The van der Waals surface area contributed by atoms with E-state index in [1.807, 2.05) is 36.4 Å². The minimum absolute atomic E-state index is 0.133. The van der Waals surface area contributed by atoms with Crippen molar-refractivity contribution in [2.24, 2.45) is 0 Å². The number of nitrogen functional groups attached to an aromatic ring is 2. The van der Waals surface area contributed by atoms with E-state index in [4.69, 9.17) is 11.5 Å². The molecule has 4 heterocycles. The third kappa shape index (κ3) is 6.48. The third-order valence-electron chi connectivity index (χ3n) is 8.86. The van der Waals surface area contributed by atoms with Crippen molar-refractivity contribution >= 4 is 75.7 Å². The molecule has 8 rings (SSSR count). The number of carbonyl (C=O) groups is 5. The molecule has 2 aliphatic rings. The molecule has 54 heavy (non-hydrogen) atoms. The standard InChI is InChI=1S/C40H28N8O5S/c41-25-4-15-34(43-19-25)45-36(49)22-1-2-24-21-47(38(51)32(24)17-22)27-6-10-29(11-7-27)54-30-12-8-28(9-13-30)48-39(52)31-14-3-23(18-33(31)40(48)53)37(50)46-35-16-5-26(42)20-44-35/h1-20H,21,41-42H2,(H,43,45,49)(H,44,46,50). The van der Waals surface area contributed by atoms with Gasteiger partial charge in [0.15, 0.2) is 0 Å². The second-order valence-corrected chi connectivity index (χ2v) is 13.6. The average molecular weight is 733 g/mol. The molecule has 0 saturated heterocycles. The number of nitrogens with two attached hydrogens (primary N) is 2. The summed E-state index contributed by atoms with van der Waals surface area (Å²) < 4.78 is 0. The van der Waals surface area contributed by atoms with E-state index >= 15 is 0 Å². The number of fused-ring (bicyclic) bond motifs is 2. The first kappa shape index (κ1) is 33.8. The fourth-order valence-electron chi connectivity index (χ4n) is 6.10. The zero-order chi connectivity index (χ0) is 37.5. The molecule has 5 amide bonds. The normalized spacial score (nSPS) is 13.1. The average Bonchev–Trinajstić information content (AvgIpc) is 3.65. The van der Waals surface area contributed by atoms with Gasteiger partial charge in [0.05, 0.1) is 47.1 Å². The van der Waals surface area contributed by atoms with Gasteiger partial charge in [-0.2, -0.15) is 0 Å². The van der Waals surface area contributed by atoms with Crippen LogP contribution in [0, 0.1) is 0 Å². The summed E-state index contributed by atoms with van der Waals surface area (Å²) in [6, 6.07) is 30.4. The Morgan fingerprint density at radius 3 is 1.65 bits per heavy atom. The molecule has 4 aromatic carbocycles. The van der Waals surface area contributed by atoms with E-state index in [-0.39, 0.29) is 28.5 Å². The first-order valence-electron chi connectivity index (χ1n) is 16.5. The number of amides is 5. The Hall–Kier alpha value is -7.32. The van der Waals surface area contributed by atoms with E-state index in [9.17, 15) is 24.0 Å². The van der Waals surface area contributed by atoms with Crippen molar-refractivity contribution in [2.45, 2.75) is 16.3 Å². The summed E-state index contributed by atoms with van der Waals surface area (Å²) in [5.41, 5.74) is 15.5. The number of aromatic nitrogens is 2. The Morgan fingerprint density at radius 1 is 0.574 bits per heavy atom. The molecule has 0 spiro atoms. The van der Waals surface area contributed by atoms with Gasteiger partial charge in [-0.25, -0.2) is 14.9 Å². The van der Waals surface area contributed by atoms with Crippen LogP contribution in [0.5, 0.6) is 0 Å². The van der Waals surface area contributed by atoms with Crippen molar-refractivity contribution in [3.8, 4) is 0 Å². The zero-order valence-corrected chi connectivity index (χ0v) is 29.0. The number of rotatable bonds is 8. The monoisotopic (exact) mass is 732 g/mol. The lowest BCUT2D eigenvalue weighted by molar-refractivity contribution is 0.0922. The maximum absolute atomic E-state index is 13.4. The molecule has 6 aromatic rings. The SMILES string of the molecule is Nc1ccc(NC(=O)c2ccc3c(c2)C(=O)N(c2ccc(Sc4ccc(N5C(=O)c6ccc(C(=O)Nc7ccc(N)cn7)cc6C5=O)cc4)cc2)C3)nc1. The Morgan fingerprint density at radius 2 is 1.09 bits per heavy atom. The molecule has 0 bridgehead atoms. The number of hydrogen-bond acceptors (Lipinski definition) is 10. The Labute approximate surface area is 312 Å². The maximum atomic E-state index is 13.4. The third-order valence-corrected chi connectivity index (χ3v) is 9.88. The molecule has 0 fully saturated rings. The molecule has 2 aliphatic heterocycles. The van der Waals surface area contributed by atoms with Gasteiger partial charge in [-0.15, -0.1) is 0 Å². The zero-order valence-electron chi connectivity index (χ0n) is 28.1. The molecular weight excluding hydrogens is 705 g/mol. The number of anilines is 6. The van der Waals surface area contributed by atoms with Crippen LogP contribution in [0.4, 0.5) is 34.4 Å². The van der Waals surface area contributed by atoms with Gasteiger partial charge in [0, 0.05) is 32.2 Å². The van der Waals surface area contributed by atoms with Crippen LogP contribution in [0.2, 0.25) is 0 Å². The number of carbonyl (C=O) groups excluding carboxylic acids is 5. The van der Waals surface area contributed by atoms with Crippen LogP contribution < -0.4 is 31.9 Å². The highest BCUT2D eigenvalue weighted by Crippen LogP contribution is 2.35. The van der Waals surface area contributed by atoms with Gasteiger partial charge < -0.3 is 27.0 Å². The number of hydrogen-bond donors (Lipinski definition) is 4. The van der Waals surface area contributed by atoms with Crippen molar-refractivity contribution < 1.29 is 24.0 Å². The van der Waals surface area contributed by atoms with Gasteiger partial charge >= 0.3 is 0 Å². The van der Waals surface area contributed by atoms with Crippen molar-refractivity contribution in [3.05, 3.63) is 155 Å². The quantitative estimate of drug-likeness (QED) is 0.130. The molecule has 0 atom stereocenters. The van der Waals surface area contributed by atoms with Crippen LogP contribution in [0.25, 0.3) is 0 Å². The molecule has 0 radical (unpaired) electrons. The second-order valence-electron chi connectivity index (χ2n) is 12.4. The molecular formula is C40H28N8O5S. The van der Waals surface area contributed by atoms with Gasteiger partial charge in [0.2, 0.25) is 0 Å². The summed E-state index contributed by atoms with van der Waals surface area (Å²) in [5.74, 6) is -1.43. The first-order chi connectivity index (χ1) is 26.1. The highest BCUT2D eigenvalue weighted by molar-refractivity contribution is 7.99. The predicted molar refractivity (Wildman–Crippen MR) is 205 cm³/mol. The van der Waals surface area contributed by atoms with Crippen LogP contribution in [-0.2, 0) is 6.54 Å². The lowest BCUT2D eigenvalue weighted by Crippen LogP contribution is -2.29. The topological polar surface area (TPSA) is 194 Å². The molecule has 2 aromatic heterocycles. The largest absolute Gasteiger partial charge is 0.397 e. The Kier molecular flexibility index (Phi) is 8.56. The Balaban J connectivity index is 0.902. The predicted octanol–water partition coefficient (Wildman–Crippen LogP) is 6.26. The van der Waals surface area contributed by atoms with Crippen molar-refractivity contribution in [1.29, 1.82) is 0 Å². The fourth-order valence-corrected chi connectivity index (χ4v) is 6.91. The van der Waals surface area contributed by atoms with E-state index in [0.29, 0.717) is 52.1 Å². The van der Waals surface area contributed by atoms with Crippen molar-refractivity contribution in [2.75, 3.05) is 31.9 Å². The lowest BCUT2D eigenvalue weighted by atomic mass is 10.1. The minimum Gasteiger partial charge on any atom is -0.397 e. The summed E-state index contributed by atoms with van der Waals surface area (Å²) in [7, 11) is 0. The number of pyridine rings is 2. The fraction of sp³-hybridized carbons (Fsp3) is 0.0250. The smallest absolute Gasteiger partial charge is 0.266 e. The molecule has 6 N–H and O–H groups in total. The Bertz CT molecular complexity index is 2510. The van der Waals surface area contributed by atoms with E-state index in [2.05, 4.69) is 20.6 Å². The summed E-state index contributed by atoms with van der Waals surface area (Å²) in [4.78, 5) is 78.4. The van der Waals surface area contributed by atoms with Crippen LogP contribution >= 0.6 is 11.8 Å². The van der Waals surface area contributed by atoms with Crippen molar-refractivity contribution in [1.82, 2.24) is 9.97 Å². The molecule has 0 aliphatic carbocycles. The van der Waals surface area contributed by atoms with Gasteiger partial charge in [-0.05, 0) is 109 Å². The summed E-state index contributed by atoms with van der Waals surface area (Å²) in [6.07, 6.45) is 2.87. The second kappa shape index (κ2) is 13.7. The summed E-state index contributed by atoms with van der Waals surface area (Å²) in [6.45, 7) is 0.372. The first-order valence-corrected chi connectivity index (χ1v) is 17.3. The van der Waals surface area contributed by atoms with Gasteiger partial charge in [-0.1, -0.05) is 17.8 Å². The molecule has 0 unspecified atom stereocenters. The van der Waals surface area contributed by atoms with Crippen LogP contribution in [-0.4, -0.2) is 39.5 Å². The number of imide groups is 1. The number of nitrogens with zero attached hydrogens (tertiary/aromatic N) is 4. The van der Waals surface area contributed by atoms with E-state index in [1.54, 1.807) is 59.5 Å². The number of nitrogens with one attached hydrogen (secondary N) is 2. The van der Waals surface area contributed by atoms with Crippen molar-refractivity contribution in [3.63, 3.8) is 0 Å². The highest BCUT2D eigenvalue weighted by Gasteiger charge is 2.37. The van der Waals surface area contributed by atoms with E-state index < -0.39 is 17.7 Å². The maximum Gasteiger partial charge on any atom is 0.266 e. The van der Waals surface area contributed by atoms with Gasteiger partial charge in [-0.3, -0.25) is 24.0 Å². The highest BCUT2D eigenvalue weighted by atomic mass is 32.2. The van der Waals surface area contributed by atoms with E-state index in [1.165, 1.54) is 42.4 Å². The molecule has 0 saturated carbocycles. The summed E-state index contributed by atoms with van der Waals surface area (Å²) in [5, 5.41) is 5.37. The summed E-state index contributed by atoms with van der Waals surface area (Å²) >= 11 is 1.48. The van der Waals surface area contributed by atoms with Gasteiger partial charge in [0.1, 0.15) is 11.6 Å². The molecule has 264 valence electrons.